The molecule has 2 N–H and O–H groups in total. The molecule has 25 heavy (non-hydrogen) atoms. The Bertz CT molecular complexity index is 709. The highest BCUT2D eigenvalue weighted by atomic mass is 35.5. The number of fused-ring (bicyclic) bond motifs is 1. The number of hydrogen-bond acceptors (Lipinski definition) is 4. The number of urea groups is 1. The maximum Gasteiger partial charge on any atom is 0.315 e. The number of carbonyl (C=O) groups excluding carboxylic acids is 3. The number of likely N-dealkylation sites (tertiary alicyclic amines) is 1. The lowest BCUT2D eigenvalue weighted by molar-refractivity contribution is -0.147. The molecule has 0 aromatic heterocycles. The summed E-state index contributed by atoms with van der Waals surface area (Å²) in [4.78, 5) is 37.0. The minimum atomic E-state index is -0.686. The quantitative estimate of drug-likeness (QED) is 0.785. The molecule has 0 radical (unpaired) electrons. The van der Waals surface area contributed by atoms with Gasteiger partial charge in [0, 0.05) is 24.1 Å². The van der Waals surface area contributed by atoms with E-state index in [1.165, 1.54) is 7.05 Å². The maximum atomic E-state index is 12.4. The monoisotopic (exact) mass is 365 g/mol. The Kier molecular flexibility index (Phi) is 5.13. The molecule has 2 unspecified atom stereocenters. The van der Waals surface area contributed by atoms with Crippen molar-refractivity contribution in [2.45, 2.75) is 37.8 Å². The average molecular weight is 366 g/mol. The SMILES string of the molecule is CN1C(=O)CCC(NC(=O)NC2CCCOc3cc(Cl)ccc32)C1=O. The second-order valence-electron chi connectivity index (χ2n) is 6.23. The van der Waals surface area contributed by atoms with E-state index in [1.54, 1.807) is 12.1 Å². The van der Waals surface area contributed by atoms with Crippen LogP contribution in [-0.2, 0) is 9.59 Å². The number of nitrogens with one attached hydrogen (secondary N) is 2. The van der Waals surface area contributed by atoms with Crippen molar-refractivity contribution in [2.24, 2.45) is 0 Å². The van der Waals surface area contributed by atoms with E-state index in [-0.39, 0.29) is 24.3 Å². The van der Waals surface area contributed by atoms with Gasteiger partial charge in [-0.1, -0.05) is 17.7 Å². The zero-order valence-corrected chi connectivity index (χ0v) is 14.6. The summed E-state index contributed by atoms with van der Waals surface area (Å²) in [5.74, 6) is 0.0485. The van der Waals surface area contributed by atoms with Crippen molar-refractivity contribution in [1.29, 1.82) is 0 Å². The Hall–Kier alpha value is -2.28. The van der Waals surface area contributed by atoms with Gasteiger partial charge in [0.2, 0.25) is 5.91 Å². The number of rotatable bonds is 2. The van der Waals surface area contributed by atoms with Gasteiger partial charge in [-0.2, -0.15) is 0 Å². The van der Waals surface area contributed by atoms with Crippen LogP contribution in [0.3, 0.4) is 0 Å². The van der Waals surface area contributed by atoms with Gasteiger partial charge in [-0.05, 0) is 31.4 Å². The summed E-state index contributed by atoms with van der Waals surface area (Å²) in [6.45, 7) is 0.557. The first-order valence-electron chi connectivity index (χ1n) is 8.25. The molecule has 3 rings (SSSR count). The molecule has 8 heteroatoms. The Morgan fingerprint density at radius 1 is 1.24 bits per heavy atom. The van der Waals surface area contributed by atoms with Crippen LogP contribution in [-0.4, -0.2) is 42.4 Å². The molecule has 2 heterocycles. The van der Waals surface area contributed by atoms with Gasteiger partial charge in [0.05, 0.1) is 12.6 Å². The zero-order chi connectivity index (χ0) is 18.0. The van der Waals surface area contributed by atoms with E-state index in [2.05, 4.69) is 10.6 Å². The number of hydrogen-bond donors (Lipinski definition) is 2. The van der Waals surface area contributed by atoms with Crippen molar-refractivity contribution >= 4 is 29.4 Å². The number of nitrogens with zero attached hydrogens (tertiary/aromatic N) is 1. The van der Waals surface area contributed by atoms with Gasteiger partial charge in [-0.25, -0.2) is 4.79 Å². The molecule has 7 nitrogen and oxygen atoms in total. The molecule has 1 aromatic carbocycles. The summed E-state index contributed by atoms with van der Waals surface area (Å²) < 4.78 is 5.68. The molecule has 0 spiro atoms. The lowest BCUT2D eigenvalue weighted by Gasteiger charge is -2.29. The highest BCUT2D eigenvalue weighted by Crippen LogP contribution is 2.33. The Morgan fingerprint density at radius 2 is 2.00 bits per heavy atom. The van der Waals surface area contributed by atoms with Gasteiger partial charge in [-0.15, -0.1) is 0 Å². The van der Waals surface area contributed by atoms with Crippen molar-refractivity contribution in [3.63, 3.8) is 0 Å². The predicted molar refractivity (Wildman–Crippen MR) is 91.4 cm³/mol. The van der Waals surface area contributed by atoms with Gasteiger partial charge >= 0.3 is 6.03 Å². The summed E-state index contributed by atoms with van der Waals surface area (Å²) in [6.07, 6.45) is 2.07. The lowest BCUT2D eigenvalue weighted by Crippen LogP contribution is -2.55. The van der Waals surface area contributed by atoms with Crippen molar-refractivity contribution in [1.82, 2.24) is 15.5 Å². The third kappa shape index (κ3) is 3.87. The summed E-state index contributed by atoms with van der Waals surface area (Å²) >= 11 is 6.00. The maximum absolute atomic E-state index is 12.4. The van der Waals surface area contributed by atoms with Gasteiger partial charge in [0.1, 0.15) is 11.8 Å². The molecule has 1 saturated heterocycles. The summed E-state index contributed by atoms with van der Waals surface area (Å²) in [5.41, 5.74) is 0.860. The first-order valence-corrected chi connectivity index (χ1v) is 8.63. The van der Waals surface area contributed by atoms with Crippen LogP contribution in [0.5, 0.6) is 5.75 Å². The summed E-state index contributed by atoms with van der Waals surface area (Å²) in [6, 6.07) is 3.98. The number of carbonyl (C=O) groups is 3. The van der Waals surface area contributed by atoms with E-state index < -0.39 is 12.1 Å². The first kappa shape index (κ1) is 17.5. The van der Waals surface area contributed by atoms with Crippen LogP contribution in [0.25, 0.3) is 0 Å². The molecule has 0 bridgehead atoms. The molecule has 2 aliphatic heterocycles. The van der Waals surface area contributed by atoms with Crippen LogP contribution in [0, 0.1) is 0 Å². The Labute approximate surface area is 150 Å². The number of ether oxygens (including phenoxy) is 1. The van der Waals surface area contributed by atoms with E-state index in [4.69, 9.17) is 16.3 Å². The van der Waals surface area contributed by atoms with E-state index in [1.807, 2.05) is 6.07 Å². The van der Waals surface area contributed by atoms with Gasteiger partial charge in [0.25, 0.3) is 5.91 Å². The molecule has 1 aromatic rings. The van der Waals surface area contributed by atoms with Gasteiger partial charge < -0.3 is 15.4 Å². The van der Waals surface area contributed by atoms with E-state index in [9.17, 15) is 14.4 Å². The fourth-order valence-corrected chi connectivity index (χ4v) is 3.27. The minimum absolute atomic E-state index is 0.227. The lowest BCUT2D eigenvalue weighted by atomic mass is 10.0. The van der Waals surface area contributed by atoms with Crippen molar-refractivity contribution in [3.8, 4) is 5.75 Å². The second-order valence-corrected chi connectivity index (χ2v) is 6.66. The van der Waals surface area contributed by atoms with Crippen LogP contribution in [0.15, 0.2) is 18.2 Å². The van der Waals surface area contributed by atoms with Crippen LogP contribution in [0.2, 0.25) is 5.02 Å². The van der Waals surface area contributed by atoms with E-state index in [0.29, 0.717) is 23.8 Å². The summed E-state index contributed by atoms with van der Waals surface area (Å²) in [7, 11) is 1.43. The molecule has 134 valence electrons. The number of halogens is 1. The normalized spacial score (nSPS) is 23.4. The fraction of sp³-hybridized carbons (Fsp3) is 0.471. The molecule has 1 fully saturated rings. The fourth-order valence-electron chi connectivity index (χ4n) is 3.10. The standard InChI is InChI=1S/C17H20ClN3O4/c1-21-15(22)7-6-13(16(21)23)20-17(24)19-12-3-2-8-25-14-9-10(18)4-5-11(12)14/h4-5,9,12-13H,2-3,6-8H2,1H3,(H2,19,20,24). The predicted octanol–water partition coefficient (Wildman–Crippen LogP) is 2.00. The number of amides is 4. The highest BCUT2D eigenvalue weighted by molar-refractivity contribution is 6.30. The smallest absolute Gasteiger partial charge is 0.315 e. The first-order chi connectivity index (χ1) is 12.0. The molecule has 2 atom stereocenters. The molecular weight excluding hydrogens is 346 g/mol. The largest absolute Gasteiger partial charge is 0.493 e. The molecule has 4 amide bonds. The number of piperidine rings is 1. The Balaban J connectivity index is 1.67. The number of imide groups is 1. The van der Waals surface area contributed by atoms with Gasteiger partial charge in [-0.3, -0.25) is 14.5 Å². The molecular formula is C17H20ClN3O4. The third-order valence-corrected chi connectivity index (χ3v) is 4.74. The van der Waals surface area contributed by atoms with Crippen LogP contribution in [0.1, 0.15) is 37.3 Å². The molecule has 0 aliphatic carbocycles. The summed E-state index contributed by atoms with van der Waals surface area (Å²) in [5, 5.41) is 6.14. The van der Waals surface area contributed by atoms with E-state index in [0.717, 1.165) is 23.3 Å². The highest BCUT2D eigenvalue weighted by Gasteiger charge is 2.33. The minimum Gasteiger partial charge on any atom is -0.493 e. The number of likely N-dealkylation sites (N-methyl/N-ethyl adjacent to an activating group) is 1. The van der Waals surface area contributed by atoms with E-state index >= 15 is 0 Å². The van der Waals surface area contributed by atoms with Crippen molar-refractivity contribution in [2.75, 3.05) is 13.7 Å². The topological polar surface area (TPSA) is 87.7 Å². The third-order valence-electron chi connectivity index (χ3n) is 4.51. The molecule has 0 saturated carbocycles. The number of benzene rings is 1. The van der Waals surface area contributed by atoms with Crippen LogP contribution < -0.4 is 15.4 Å². The average Bonchev–Trinajstić information content (AvgIpc) is 2.77. The van der Waals surface area contributed by atoms with Gasteiger partial charge in [0.15, 0.2) is 0 Å². The van der Waals surface area contributed by atoms with Crippen LogP contribution >= 0.6 is 11.6 Å². The zero-order valence-electron chi connectivity index (χ0n) is 13.9. The van der Waals surface area contributed by atoms with Crippen molar-refractivity contribution < 1.29 is 19.1 Å². The second kappa shape index (κ2) is 7.31. The molecule has 2 aliphatic rings. The Morgan fingerprint density at radius 3 is 2.80 bits per heavy atom. The van der Waals surface area contributed by atoms with Crippen molar-refractivity contribution in [3.05, 3.63) is 28.8 Å². The van der Waals surface area contributed by atoms with Crippen LogP contribution in [0.4, 0.5) is 4.79 Å².